The van der Waals surface area contributed by atoms with Crippen molar-refractivity contribution in [3.63, 3.8) is 0 Å². The zero-order valence-corrected chi connectivity index (χ0v) is 12.8. The lowest BCUT2D eigenvalue weighted by Gasteiger charge is -2.13. The number of carbonyl (C=O) groups is 1. The van der Waals surface area contributed by atoms with Crippen LogP contribution in [-0.4, -0.2) is 27.3 Å². The van der Waals surface area contributed by atoms with Crippen LogP contribution in [0, 0.1) is 6.92 Å². The molecule has 0 fully saturated rings. The smallest absolute Gasteiger partial charge is 0.276 e. The molecule has 1 aromatic carbocycles. The second-order valence-corrected chi connectivity index (χ2v) is 6.40. The molecule has 0 radical (unpaired) electrons. The molecule has 22 heavy (non-hydrogen) atoms. The zero-order valence-electron chi connectivity index (χ0n) is 12.0. The maximum Gasteiger partial charge on any atom is 0.276 e. The molecule has 0 aliphatic carbocycles. The van der Waals surface area contributed by atoms with Crippen molar-refractivity contribution in [3.05, 3.63) is 35.0 Å². The fourth-order valence-corrected chi connectivity index (χ4v) is 3.30. The summed E-state index contributed by atoms with van der Waals surface area (Å²) in [6, 6.07) is 7.41. The van der Waals surface area contributed by atoms with Gasteiger partial charge in [-0.05, 0) is 25.1 Å². The van der Waals surface area contributed by atoms with Crippen molar-refractivity contribution in [1.29, 1.82) is 0 Å². The van der Waals surface area contributed by atoms with Crippen LogP contribution in [0.3, 0.4) is 0 Å². The molecule has 4 rings (SSSR count). The van der Waals surface area contributed by atoms with Crippen molar-refractivity contribution < 1.29 is 9.53 Å². The molecule has 1 aliphatic rings. The third-order valence-electron chi connectivity index (χ3n) is 3.49. The number of aryl methyl sites for hydroxylation is 2. The van der Waals surface area contributed by atoms with Gasteiger partial charge in [-0.1, -0.05) is 0 Å². The molecule has 2 aromatic heterocycles. The van der Waals surface area contributed by atoms with Gasteiger partial charge in [0.1, 0.15) is 0 Å². The maximum atomic E-state index is 12.3. The van der Waals surface area contributed by atoms with Crippen LogP contribution in [0.4, 0.5) is 5.69 Å². The van der Waals surface area contributed by atoms with E-state index >= 15 is 0 Å². The lowest BCUT2D eigenvalue weighted by atomic mass is 10.3. The highest BCUT2D eigenvalue weighted by atomic mass is 32.1. The van der Waals surface area contributed by atoms with Crippen LogP contribution >= 0.6 is 11.3 Å². The third kappa shape index (κ3) is 2.33. The standard InChI is InChI=1S/C15H14N4O2S/c1-9-16-11-7-10(3-4-13(11)22-9)17-15(20)12-8-14-19(18-12)5-2-6-21-14/h3-4,7-8H,2,5-6H2,1H3,(H,17,20). The van der Waals surface area contributed by atoms with Gasteiger partial charge in [-0.15, -0.1) is 11.3 Å². The van der Waals surface area contributed by atoms with E-state index in [4.69, 9.17) is 4.74 Å². The number of anilines is 1. The lowest BCUT2D eigenvalue weighted by Crippen LogP contribution is -2.16. The van der Waals surface area contributed by atoms with E-state index in [0.717, 1.165) is 33.9 Å². The van der Waals surface area contributed by atoms with Crippen LogP contribution in [0.25, 0.3) is 10.2 Å². The van der Waals surface area contributed by atoms with E-state index in [1.54, 1.807) is 22.1 Å². The van der Waals surface area contributed by atoms with Gasteiger partial charge >= 0.3 is 0 Å². The second-order valence-electron chi connectivity index (χ2n) is 5.16. The van der Waals surface area contributed by atoms with Crippen molar-refractivity contribution >= 4 is 33.1 Å². The van der Waals surface area contributed by atoms with Crippen LogP contribution in [0.1, 0.15) is 21.9 Å². The molecule has 0 atom stereocenters. The van der Waals surface area contributed by atoms with Gasteiger partial charge in [0.05, 0.1) is 21.8 Å². The Morgan fingerprint density at radius 3 is 3.18 bits per heavy atom. The monoisotopic (exact) mass is 314 g/mol. The molecule has 1 aliphatic heterocycles. The summed E-state index contributed by atoms with van der Waals surface area (Å²) in [5.74, 6) is 0.416. The summed E-state index contributed by atoms with van der Waals surface area (Å²) in [5.41, 5.74) is 1.98. The first-order valence-corrected chi connectivity index (χ1v) is 7.90. The Labute approximate surface area is 130 Å². The molecule has 7 heteroatoms. The van der Waals surface area contributed by atoms with Crippen LogP contribution in [0.5, 0.6) is 5.88 Å². The molecule has 3 aromatic rings. The average molecular weight is 314 g/mol. The molecule has 6 nitrogen and oxygen atoms in total. The molecule has 3 heterocycles. The fraction of sp³-hybridized carbons (Fsp3) is 0.267. The Morgan fingerprint density at radius 2 is 2.32 bits per heavy atom. The number of fused-ring (bicyclic) bond motifs is 2. The normalized spacial score (nSPS) is 13.7. The van der Waals surface area contributed by atoms with Crippen LogP contribution in [0.15, 0.2) is 24.3 Å². The van der Waals surface area contributed by atoms with E-state index in [1.165, 1.54) is 0 Å². The predicted octanol–water partition coefficient (Wildman–Crippen LogP) is 2.84. The van der Waals surface area contributed by atoms with E-state index in [1.807, 2.05) is 25.1 Å². The van der Waals surface area contributed by atoms with Gasteiger partial charge in [-0.3, -0.25) is 4.79 Å². The van der Waals surface area contributed by atoms with Gasteiger partial charge in [-0.2, -0.15) is 5.10 Å². The Morgan fingerprint density at radius 1 is 1.41 bits per heavy atom. The van der Waals surface area contributed by atoms with Crippen molar-refractivity contribution in [2.24, 2.45) is 0 Å². The van der Waals surface area contributed by atoms with Gasteiger partial charge in [-0.25, -0.2) is 9.67 Å². The summed E-state index contributed by atoms with van der Waals surface area (Å²) >= 11 is 1.64. The fourth-order valence-electron chi connectivity index (χ4n) is 2.49. The minimum atomic E-state index is -0.239. The number of carbonyl (C=O) groups excluding carboxylic acids is 1. The number of hydrogen-bond donors (Lipinski definition) is 1. The SMILES string of the molecule is Cc1nc2cc(NC(=O)c3cc4n(n3)CCCO4)ccc2s1. The number of benzene rings is 1. The van der Waals surface area contributed by atoms with Crippen molar-refractivity contribution in [1.82, 2.24) is 14.8 Å². The van der Waals surface area contributed by atoms with Gasteiger partial charge < -0.3 is 10.1 Å². The van der Waals surface area contributed by atoms with E-state index in [9.17, 15) is 4.79 Å². The first-order valence-electron chi connectivity index (χ1n) is 7.08. The van der Waals surface area contributed by atoms with E-state index in [2.05, 4.69) is 15.4 Å². The molecule has 112 valence electrons. The van der Waals surface area contributed by atoms with Gasteiger partial charge in [0.15, 0.2) is 5.69 Å². The topological polar surface area (TPSA) is 69.0 Å². The number of rotatable bonds is 2. The molecular weight excluding hydrogens is 300 g/mol. The van der Waals surface area contributed by atoms with Gasteiger partial charge in [0.25, 0.3) is 5.91 Å². The molecular formula is C15H14N4O2S. The molecule has 1 amide bonds. The highest BCUT2D eigenvalue weighted by Crippen LogP contribution is 2.25. The summed E-state index contributed by atoms with van der Waals surface area (Å²) in [7, 11) is 0. The third-order valence-corrected chi connectivity index (χ3v) is 4.44. The number of aromatic nitrogens is 3. The van der Waals surface area contributed by atoms with Crippen LogP contribution in [0.2, 0.25) is 0 Å². The Balaban J connectivity index is 1.58. The number of ether oxygens (including phenoxy) is 1. The minimum absolute atomic E-state index is 0.239. The average Bonchev–Trinajstić information content (AvgIpc) is 3.08. The first kappa shape index (κ1) is 13.3. The largest absolute Gasteiger partial charge is 0.478 e. The number of nitrogens with zero attached hydrogens (tertiary/aromatic N) is 3. The number of amides is 1. The van der Waals surface area contributed by atoms with Gasteiger partial charge in [0.2, 0.25) is 5.88 Å². The van der Waals surface area contributed by atoms with Crippen LogP contribution < -0.4 is 10.1 Å². The highest BCUT2D eigenvalue weighted by molar-refractivity contribution is 7.18. The van der Waals surface area contributed by atoms with Crippen molar-refractivity contribution in [3.8, 4) is 5.88 Å². The first-order chi connectivity index (χ1) is 10.7. The summed E-state index contributed by atoms with van der Waals surface area (Å²) in [6.45, 7) is 3.43. The summed E-state index contributed by atoms with van der Waals surface area (Å²) in [4.78, 5) is 16.7. The van der Waals surface area contributed by atoms with E-state index in [0.29, 0.717) is 18.2 Å². The maximum absolute atomic E-state index is 12.3. The van der Waals surface area contributed by atoms with Gasteiger partial charge in [0, 0.05) is 24.7 Å². The number of hydrogen-bond acceptors (Lipinski definition) is 5. The predicted molar refractivity (Wildman–Crippen MR) is 84.6 cm³/mol. The quantitative estimate of drug-likeness (QED) is 0.789. The van der Waals surface area contributed by atoms with Crippen molar-refractivity contribution in [2.75, 3.05) is 11.9 Å². The van der Waals surface area contributed by atoms with E-state index < -0.39 is 0 Å². The lowest BCUT2D eigenvalue weighted by molar-refractivity contribution is 0.102. The Bertz CT molecular complexity index is 844. The molecule has 1 N–H and O–H groups in total. The molecule has 0 spiro atoms. The molecule has 0 bridgehead atoms. The van der Waals surface area contributed by atoms with E-state index in [-0.39, 0.29) is 5.91 Å². The number of thiazole rings is 1. The van der Waals surface area contributed by atoms with Crippen molar-refractivity contribution in [2.45, 2.75) is 19.9 Å². The summed E-state index contributed by atoms with van der Waals surface area (Å²) in [6.07, 6.45) is 0.912. The molecule has 0 saturated heterocycles. The second kappa shape index (κ2) is 5.10. The highest BCUT2D eigenvalue weighted by Gasteiger charge is 2.18. The van der Waals surface area contributed by atoms with Crippen LogP contribution in [-0.2, 0) is 6.54 Å². The molecule has 0 saturated carbocycles. The summed E-state index contributed by atoms with van der Waals surface area (Å²) < 4.78 is 8.32. The Hall–Kier alpha value is -2.41. The number of nitrogens with one attached hydrogen (secondary N) is 1. The summed E-state index contributed by atoms with van der Waals surface area (Å²) in [5, 5.41) is 8.15. The minimum Gasteiger partial charge on any atom is -0.478 e. The molecule has 0 unspecified atom stereocenters. The zero-order chi connectivity index (χ0) is 15.1. The Kier molecular flexibility index (Phi) is 3.07.